The molecular weight excluding hydrogens is 272 g/mol. The van der Waals surface area contributed by atoms with Crippen molar-refractivity contribution in [3.63, 3.8) is 0 Å². The molecule has 3 nitrogen and oxygen atoms in total. The van der Waals surface area contributed by atoms with Crippen LogP contribution in [0, 0.1) is 13.8 Å². The fourth-order valence-electron chi connectivity index (χ4n) is 2.56. The van der Waals surface area contributed by atoms with Crippen molar-refractivity contribution in [3.8, 4) is 5.75 Å². The van der Waals surface area contributed by atoms with Crippen molar-refractivity contribution in [2.45, 2.75) is 13.8 Å². The number of benzene rings is 2. The van der Waals surface area contributed by atoms with Gasteiger partial charge in [-0.1, -0.05) is 36.4 Å². The lowest BCUT2D eigenvalue weighted by Crippen LogP contribution is -1.90. The van der Waals surface area contributed by atoms with E-state index in [1.54, 1.807) is 0 Å². The van der Waals surface area contributed by atoms with Gasteiger partial charge in [0.05, 0.1) is 5.69 Å². The van der Waals surface area contributed by atoms with E-state index in [0.29, 0.717) is 5.52 Å². The summed E-state index contributed by atoms with van der Waals surface area (Å²) in [6, 6.07) is 13.6. The van der Waals surface area contributed by atoms with Crippen LogP contribution in [0.2, 0.25) is 0 Å². The summed E-state index contributed by atoms with van der Waals surface area (Å²) < 4.78 is 0. The number of aromatic hydroxyl groups is 1. The van der Waals surface area contributed by atoms with Crippen LogP contribution in [-0.2, 0) is 0 Å². The summed E-state index contributed by atoms with van der Waals surface area (Å²) >= 11 is 0. The molecule has 3 heteroatoms. The third kappa shape index (κ3) is 2.53. The highest BCUT2D eigenvalue weighted by molar-refractivity contribution is 5.89. The maximum Gasteiger partial charge on any atom is 0.144 e. The molecule has 0 radical (unpaired) electrons. The van der Waals surface area contributed by atoms with E-state index in [1.165, 1.54) is 0 Å². The highest BCUT2D eigenvalue weighted by Crippen LogP contribution is 2.30. The van der Waals surface area contributed by atoms with Gasteiger partial charge < -0.3 is 10.8 Å². The number of anilines is 1. The Kier molecular flexibility index (Phi) is 3.55. The Balaban J connectivity index is 2.06. The van der Waals surface area contributed by atoms with Gasteiger partial charge in [-0.3, -0.25) is 0 Å². The topological polar surface area (TPSA) is 59.1 Å². The van der Waals surface area contributed by atoms with Crippen molar-refractivity contribution in [2.24, 2.45) is 0 Å². The molecule has 22 heavy (non-hydrogen) atoms. The average Bonchev–Trinajstić information content (AvgIpc) is 2.52. The summed E-state index contributed by atoms with van der Waals surface area (Å²) in [6.07, 6.45) is 3.84. The molecule has 0 amide bonds. The van der Waals surface area contributed by atoms with Gasteiger partial charge in [0.15, 0.2) is 0 Å². The van der Waals surface area contributed by atoms with Gasteiger partial charge >= 0.3 is 0 Å². The highest BCUT2D eigenvalue weighted by Gasteiger charge is 2.08. The van der Waals surface area contributed by atoms with Crippen LogP contribution in [0.25, 0.3) is 23.1 Å². The SMILES string of the molecule is Cc1cc(C)c2ccc(/C=C/c3ccccc3N)nc2c1O. The first-order valence-electron chi connectivity index (χ1n) is 7.19. The van der Waals surface area contributed by atoms with Crippen molar-refractivity contribution in [2.75, 3.05) is 5.73 Å². The largest absolute Gasteiger partial charge is 0.505 e. The molecule has 0 atom stereocenters. The minimum Gasteiger partial charge on any atom is -0.505 e. The smallest absolute Gasteiger partial charge is 0.144 e. The zero-order valence-electron chi connectivity index (χ0n) is 12.7. The zero-order chi connectivity index (χ0) is 15.7. The molecule has 0 aliphatic rings. The number of pyridine rings is 1. The number of aromatic nitrogens is 1. The van der Waals surface area contributed by atoms with Crippen LogP contribution < -0.4 is 5.73 Å². The normalized spacial score (nSPS) is 11.4. The van der Waals surface area contributed by atoms with Crippen molar-refractivity contribution in [1.29, 1.82) is 0 Å². The lowest BCUT2D eigenvalue weighted by Gasteiger charge is -2.08. The molecule has 0 fully saturated rings. The second-order valence-electron chi connectivity index (χ2n) is 5.45. The summed E-state index contributed by atoms with van der Waals surface area (Å²) in [5, 5.41) is 11.2. The molecule has 110 valence electrons. The first-order valence-corrected chi connectivity index (χ1v) is 7.19. The zero-order valence-corrected chi connectivity index (χ0v) is 12.7. The molecule has 1 heterocycles. The third-order valence-corrected chi connectivity index (χ3v) is 3.80. The highest BCUT2D eigenvalue weighted by atomic mass is 16.3. The van der Waals surface area contributed by atoms with Crippen molar-refractivity contribution in [1.82, 2.24) is 4.98 Å². The number of nitrogens with two attached hydrogens (primary N) is 1. The molecule has 3 aromatic rings. The first-order chi connectivity index (χ1) is 10.6. The monoisotopic (exact) mass is 290 g/mol. The van der Waals surface area contributed by atoms with E-state index >= 15 is 0 Å². The lowest BCUT2D eigenvalue weighted by molar-refractivity contribution is 0.476. The Hall–Kier alpha value is -2.81. The van der Waals surface area contributed by atoms with E-state index in [0.717, 1.165) is 33.5 Å². The molecule has 0 unspecified atom stereocenters. The summed E-state index contributed by atoms with van der Waals surface area (Å²) in [6.45, 7) is 3.91. The lowest BCUT2D eigenvalue weighted by atomic mass is 10.0. The van der Waals surface area contributed by atoms with Crippen molar-refractivity contribution in [3.05, 3.63) is 64.8 Å². The van der Waals surface area contributed by atoms with Crippen molar-refractivity contribution < 1.29 is 5.11 Å². The summed E-state index contributed by atoms with van der Waals surface area (Å²) in [5.41, 5.74) is 11.0. The predicted molar refractivity (Wildman–Crippen MR) is 92.7 cm³/mol. The number of hydrogen-bond acceptors (Lipinski definition) is 3. The Morgan fingerprint density at radius 2 is 1.77 bits per heavy atom. The molecule has 0 bridgehead atoms. The molecule has 2 aromatic carbocycles. The molecular formula is C19H18N2O. The number of rotatable bonds is 2. The van der Waals surface area contributed by atoms with Crippen LogP contribution in [0.5, 0.6) is 5.75 Å². The van der Waals surface area contributed by atoms with E-state index in [9.17, 15) is 5.11 Å². The van der Waals surface area contributed by atoms with Crippen LogP contribution in [0.15, 0.2) is 42.5 Å². The quantitative estimate of drug-likeness (QED) is 0.691. The third-order valence-electron chi connectivity index (χ3n) is 3.80. The molecule has 0 spiro atoms. The Morgan fingerprint density at radius 1 is 1.00 bits per heavy atom. The number of nitrogen functional groups attached to an aromatic ring is 1. The van der Waals surface area contributed by atoms with Gasteiger partial charge in [-0.2, -0.15) is 0 Å². The predicted octanol–water partition coefficient (Wildman–Crippen LogP) is 4.31. The van der Waals surface area contributed by atoms with Gasteiger partial charge in [0.2, 0.25) is 0 Å². The maximum atomic E-state index is 10.2. The van der Waals surface area contributed by atoms with Crippen LogP contribution in [-0.4, -0.2) is 10.1 Å². The first kappa shape index (κ1) is 14.1. The number of para-hydroxylation sites is 1. The summed E-state index contributed by atoms with van der Waals surface area (Å²) in [5.74, 6) is 0.245. The second-order valence-corrected chi connectivity index (χ2v) is 5.45. The molecule has 0 aliphatic heterocycles. The van der Waals surface area contributed by atoms with Crippen LogP contribution in [0.1, 0.15) is 22.4 Å². The van der Waals surface area contributed by atoms with E-state index in [-0.39, 0.29) is 5.75 Å². The van der Waals surface area contributed by atoms with Gasteiger partial charge in [-0.25, -0.2) is 4.98 Å². The van der Waals surface area contributed by atoms with E-state index < -0.39 is 0 Å². The van der Waals surface area contributed by atoms with Gasteiger partial charge in [0.1, 0.15) is 11.3 Å². The molecule has 1 aromatic heterocycles. The molecule has 3 rings (SSSR count). The molecule has 0 saturated carbocycles. The van der Waals surface area contributed by atoms with Gasteiger partial charge in [-0.15, -0.1) is 0 Å². The van der Waals surface area contributed by atoms with E-state index in [4.69, 9.17) is 5.73 Å². The number of phenols is 1. The number of hydrogen-bond donors (Lipinski definition) is 2. The van der Waals surface area contributed by atoms with Gasteiger partial charge in [-0.05, 0) is 48.7 Å². The standard InChI is InChI=1S/C19H18N2O/c1-12-11-13(2)19(22)18-16(12)10-9-15(21-18)8-7-14-5-3-4-6-17(14)20/h3-11,22H,20H2,1-2H3/b8-7+. The minimum atomic E-state index is 0.245. The average molecular weight is 290 g/mol. The van der Waals surface area contributed by atoms with Gasteiger partial charge in [0.25, 0.3) is 0 Å². The fourth-order valence-corrected chi connectivity index (χ4v) is 2.56. The Bertz CT molecular complexity index is 882. The second kappa shape index (κ2) is 5.53. The van der Waals surface area contributed by atoms with Crippen LogP contribution in [0.4, 0.5) is 5.69 Å². The molecule has 3 N–H and O–H groups in total. The summed E-state index contributed by atoms with van der Waals surface area (Å²) in [7, 11) is 0. The number of phenolic OH excluding ortho intramolecular Hbond substituents is 1. The van der Waals surface area contributed by atoms with E-state index in [2.05, 4.69) is 4.98 Å². The fraction of sp³-hybridized carbons (Fsp3) is 0.105. The number of nitrogens with zero attached hydrogens (tertiary/aromatic N) is 1. The maximum absolute atomic E-state index is 10.2. The Morgan fingerprint density at radius 3 is 2.55 bits per heavy atom. The van der Waals surface area contributed by atoms with Gasteiger partial charge in [0, 0.05) is 11.1 Å². The minimum absolute atomic E-state index is 0.245. The number of fused-ring (bicyclic) bond motifs is 1. The molecule has 0 aliphatic carbocycles. The summed E-state index contributed by atoms with van der Waals surface area (Å²) in [4.78, 5) is 4.56. The van der Waals surface area contributed by atoms with Crippen LogP contribution >= 0.6 is 0 Å². The van der Waals surface area contributed by atoms with Crippen LogP contribution in [0.3, 0.4) is 0 Å². The molecule has 0 saturated heterocycles. The number of aryl methyl sites for hydroxylation is 2. The Labute approximate surface area is 129 Å². The van der Waals surface area contributed by atoms with E-state index in [1.807, 2.05) is 68.5 Å². The van der Waals surface area contributed by atoms with Crippen molar-refractivity contribution >= 4 is 28.7 Å².